The number of hydrogen-bond acceptors (Lipinski definition) is 5. The average Bonchev–Trinajstić information content (AvgIpc) is 3.34. The van der Waals surface area contributed by atoms with Crippen molar-refractivity contribution in [3.05, 3.63) is 100 Å². The Morgan fingerprint density at radius 2 is 1.77 bits per heavy atom. The standard InChI is InChI=1S/C32H30BrN3O3/c1-4-38-31(37)29-28(32(29,2)3)30-35-26-17-24(39-19-23-14-11-21-7-5-6-8-25(21)34-23)15-16-27(26)36(30)18-20-9-12-22(33)13-10-20/h5-17,28-29H,4,18-19H2,1-3H3/t28-,29?/m1/s1. The minimum Gasteiger partial charge on any atom is -0.487 e. The van der Waals surface area contributed by atoms with E-state index in [2.05, 4.69) is 64.7 Å². The topological polar surface area (TPSA) is 66.2 Å². The quantitative estimate of drug-likeness (QED) is 0.180. The van der Waals surface area contributed by atoms with Crippen molar-refractivity contribution in [2.75, 3.05) is 6.61 Å². The van der Waals surface area contributed by atoms with Gasteiger partial charge in [0.25, 0.3) is 0 Å². The molecule has 1 fully saturated rings. The molecule has 3 aromatic carbocycles. The van der Waals surface area contributed by atoms with Crippen molar-refractivity contribution in [1.82, 2.24) is 14.5 Å². The Labute approximate surface area is 236 Å². The number of imidazole rings is 1. The van der Waals surface area contributed by atoms with E-state index in [4.69, 9.17) is 19.4 Å². The number of ether oxygens (including phenoxy) is 2. The molecule has 198 valence electrons. The molecular formula is C32H30BrN3O3. The fourth-order valence-corrected chi connectivity index (χ4v) is 5.80. The van der Waals surface area contributed by atoms with E-state index in [0.717, 1.165) is 49.2 Å². The maximum absolute atomic E-state index is 12.8. The summed E-state index contributed by atoms with van der Waals surface area (Å²) in [5, 5.41) is 1.11. The number of pyridine rings is 1. The number of para-hydroxylation sites is 1. The summed E-state index contributed by atoms with van der Waals surface area (Å²) >= 11 is 3.53. The largest absolute Gasteiger partial charge is 0.487 e. The van der Waals surface area contributed by atoms with Crippen molar-refractivity contribution >= 4 is 43.8 Å². The fourth-order valence-electron chi connectivity index (χ4n) is 5.53. The number of nitrogens with zero attached hydrogens (tertiary/aromatic N) is 3. The van der Waals surface area contributed by atoms with Crippen molar-refractivity contribution < 1.29 is 14.3 Å². The van der Waals surface area contributed by atoms with Crippen LogP contribution in [-0.2, 0) is 22.7 Å². The van der Waals surface area contributed by atoms with Crippen LogP contribution in [0.4, 0.5) is 0 Å². The lowest BCUT2D eigenvalue weighted by molar-refractivity contribution is -0.145. The number of fused-ring (bicyclic) bond motifs is 2. The lowest BCUT2D eigenvalue weighted by atomic mass is 10.1. The van der Waals surface area contributed by atoms with E-state index in [1.807, 2.05) is 55.5 Å². The normalized spacial score (nSPS) is 17.8. The summed E-state index contributed by atoms with van der Waals surface area (Å²) in [5.74, 6) is 1.25. The van der Waals surface area contributed by atoms with Gasteiger partial charge in [0.05, 0.1) is 34.8 Å². The van der Waals surface area contributed by atoms with Crippen LogP contribution in [0.25, 0.3) is 21.9 Å². The summed E-state index contributed by atoms with van der Waals surface area (Å²) < 4.78 is 14.8. The minimum absolute atomic E-state index is 0.0226. The van der Waals surface area contributed by atoms with Gasteiger partial charge in [0.2, 0.25) is 0 Å². The van der Waals surface area contributed by atoms with E-state index in [-0.39, 0.29) is 23.2 Å². The Balaban J connectivity index is 1.32. The number of aromatic nitrogens is 3. The molecule has 2 heterocycles. The van der Waals surface area contributed by atoms with Gasteiger partial charge in [-0.15, -0.1) is 0 Å². The SMILES string of the molecule is CCOC(=O)C1[C@H](c2nc3cc(OCc4ccc5ccccc5n4)ccc3n2Cc2ccc(Br)cc2)C1(C)C. The van der Waals surface area contributed by atoms with E-state index >= 15 is 0 Å². The maximum Gasteiger partial charge on any atom is 0.310 e. The third-order valence-electron chi connectivity index (χ3n) is 7.69. The van der Waals surface area contributed by atoms with E-state index in [1.165, 1.54) is 0 Å². The highest BCUT2D eigenvalue weighted by molar-refractivity contribution is 9.10. The summed E-state index contributed by atoms with van der Waals surface area (Å²) in [6.45, 7) is 7.48. The second kappa shape index (κ2) is 10.1. The monoisotopic (exact) mass is 583 g/mol. The zero-order valence-electron chi connectivity index (χ0n) is 22.2. The Kier molecular flexibility index (Phi) is 6.63. The van der Waals surface area contributed by atoms with Crippen LogP contribution in [0, 0.1) is 11.3 Å². The van der Waals surface area contributed by atoms with Gasteiger partial charge in [-0.1, -0.05) is 66.2 Å². The molecule has 0 bridgehead atoms. The first-order valence-electron chi connectivity index (χ1n) is 13.2. The zero-order chi connectivity index (χ0) is 27.1. The molecule has 0 amide bonds. The Bertz CT molecular complexity index is 1680. The highest BCUT2D eigenvalue weighted by Gasteiger charge is 2.65. The number of benzene rings is 3. The molecular weight excluding hydrogens is 554 g/mol. The zero-order valence-corrected chi connectivity index (χ0v) is 23.8. The molecule has 2 atom stereocenters. The van der Waals surface area contributed by atoms with Gasteiger partial charge in [0.1, 0.15) is 18.2 Å². The van der Waals surface area contributed by atoms with Crippen molar-refractivity contribution in [3.8, 4) is 5.75 Å². The smallest absolute Gasteiger partial charge is 0.310 e. The number of halogens is 1. The van der Waals surface area contributed by atoms with Crippen molar-refractivity contribution in [2.45, 2.75) is 39.8 Å². The second-order valence-electron chi connectivity index (χ2n) is 10.6. The van der Waals surface area contributed by atoms with Gasteiger partial charge in [0.15, 0.2) is 0 Å². The Morgan fingerprint density at radius 3 is 2.56 bits per heavy atom. The summed E-state index contributed by atoms with van der Waals surface area (Å²) in [4.78, 5) is 22.6. The van der Waals surface area contributed by atoms with Crippen LogP contribution in [0.2, 0.25) is 0 Å². The fraction of sp³-hybridized carbons (Fsp3) is 0.281. The summed E-state index contributed by atoms with van der Waals surface area (Å²) in [5.41, 5.74) is 4.60. The first kappa shape index (κ1) is 25.6. The van der Waals surface area contributed by atoms with Crippen LogP contribution >= 0.6 is 15.9 Å². The molecule has 0 radical (unpaired) electrons. The molecule has 0 aliphatic heterocycles. The number of hydrogen-bond donors (Lipinski definition) is 0. The van der Waals surface area contributed by atoms with Gasteiger partial charge in [-0.2, -0.15) is 0 Å². The molecule has 0 spiro atoms. The number of carbonyl (C=O) groups excluding carboxylic acids is 1. The second-order valence-corrected chi connectivity index (χ2v) is 11.6. The predicted molar refractivity (Wildman–Crippen MR) is 156 cm³/mol. The molecule has 2 aromatic heterocycles. The predicted octanol–water partition coefficient (Wildman–Crippen LogP) is 7.28. The molecule has 39 heavy (non-hydrogen) atoms. The number of carbonyl (C=O) groups is 1. The van der Waals surface area contributed by atoms with Gasteiger partial charge in [-0.05, 0) is 54.3 Å². The van der Waals surface area contributed by atoms with Crippen LogP contribution in [0.5, 0.6) is 5.75 Å². The molecule has 5 aromatic rings. The van der Waals surface area contributed by atoms with Crippen LogP contribution in [0.3, 0.4) is 0 Å². The molecule has 1 aliphatic rings. The van der Waals surface area contributed by atoms with E-state index in [1.54, 1.807) is 0 Å². The van der Waals surface area contributed by atoms with E-state index < -0.39 is 0 Å². The lowest BCUT2D eigenvalue weighted by Gasteiger charge is -2.11. The van der Waals surface area contributed by atoms with Crippen LogP contribution < -0.4 is 4.74 Å². The Morgan fingerprint density at radius 1 is 0.974 bits per heavy atom. The van der Waals surface area contributed by atoms with Gasteiger partial charge in [-0.3, -0.25) is 4.79 Å². The molecule has 6 rings (SSSR count). The molecule has 1 saturated carbocycles. The van der Waals surface area contributed by atoms with Crippen LogP contribution in [-0.4, -0.2) is 27.1 Å². The van der Waals surface area contributed by atoms with Gasteiger partial charge < -0.3 is 14.0 Å². The summed E-state index contributed by atoms with van der Waals surface area (Å²) in [7, 11) is 0. The highest BCUT2D eigenvalue weighted by atomic mass is 79.9. The van der Waals surface area contributed by atoms with E-state index in [9.17, 15) is 4.79 Å². The molecule has 0 N–H and O–H groups in total. The molecule has 1 unspecified atom stereocenters. The Hall–Kier alpha value is -3.71. The van der Waals surface area contributed by atoms with E-state index in [0.29, 0.717) is 19.8 Å². The van der Waals surface area contributed by atoms with Crippen LogP contribution in [0.1, 0.15) is 43.8 Å². The maximum atomic E-state index is 12.8. The summed E-state index contributed by atoms with van der Waals surface area (Å²) in [6, 6.07) is 26.4. The van der Waals surface area contributed by atoms with Crippen molar-refractivity contribution in [2.24, 2.45) is 11.3 Å². The first-order valence-corrected chi connectivity index (χ1v) is 14.0. The van der Waals surface area contributed by atoms with Crippen LogP contribution in [0.15, 0.2) is 83.3 Å². The average molecular weight is 585 g/mol. The number of esters is 1. The van der Waals surface area contributed by atoms with Crippen molar-refractivity contribution in [3.63, 3.8) is 0 Å². The van der Waals surface area contributed by atoms with Gasteiger partial charge in [-0.25, -0.2) is 9.97 Å². The van der Waals surface area contributed by atoms with Gasteiger partial charge in [0, 0.05) is 28.4 Å². The molecule has 6 nitrogen and oxygen atoms in total. The highest BCUT2D eigenvalue weighted by Crippen LogP contribution is 2.64. The third-order valence-corrected chi connectivity index (χ3v) is 8.22. The number of rotatable bonds is 8. The summed E-state index contributed by atoms with van der Waals surface area (Å²) in [6.07, 6.45) is 0. The molecule has 7 heteroatoms. The molecule has 0 saturated heterocycles. The lowest BCUT2D eigenvalue weighted by Crippen LogP contribution is -2.11. The molecule has 1 aliphatic carbocycles. The minimum atomic E-state index is -0.230. The first-order chi connectivity index (χ1) is 18.8. The van der Waals surface area contributed by atoms with Gasteiger partial charge >= 0.3 is 5.97 Å². The van der Waals surface area contributed by atoms with Crippen molar-refractivity contribution in [1.29, 1.82) is 0 Å². The third kappa shape index (κ3) is 4.91.